The SMILES string of the molecule is CCCOC(=O)Cc1oc2ccc(I)cc2c1SC. The summed E-state index contributed by atoms with van der Waals surface area (Å²) in [5.41, 5.74) is 0.822. The summed E-state index contributed by atoms with van der Waals surface area (Å²) in [5.74, 6) is 0.469. The Hall–Kier alpha value is -0.690. The van der Waals surface area contributed by atoms with Gasteiger partial charge in [-0.25, -0.2) is 0 Å². The van der Waals surface area contributed by atoms with Gasteiger partial charge in [-0.05, 0) is 53.5 Å². The molecule has 0 aliphatic heterocycles. The number of esters is 1. The number of benzene rings is 1. The first-order valence-corrected chi connectivity index (χ1v) is 8.36. The minimum Gasteiger partial charge on any atom is -0.465 e. The highest BCUT2D eigenvalue weighted by atomic mass is 127. The Bertz CT molecular complexity index is 592. The van der Waals surface area contributed by atoms with Gasteiger partial charge < -0.3 is 9.15 Å². The van der Waals surface area contributed by atoms with Crippen LogP contribution in [0.2, 0.25) is 0 Å². The lowest BCUT2D eigenvalue weighted by Gasteiger charge is -2.02. The molecule has 3 nitrogen and oxygen atoms in total. The van der Waals surface area contributed by atoms with Crippen molar-refractivity contribution >= 4 is 51.3 Å². The topological polar surface area (TPSA) is 39.4 Å². The molecule has 102 valence electrons. The van der Waals surface area contributed by atoms with E-state index >= 15 is 0 Å². The second-order valence-electron chi connectivity index (χ2n) is 4.10. The van der Waals surface area contributed by atoms with Gasteiger partial charge in [-0.15, -0.1) is 11.8 Å². The molecule has 1 aromatic heterocycles. The number of hydrogen-bond donors (Lipinski definition) is 0. The third kappa shape index (κ3) is 3.45. The number of thioether (sulfide) groups is 1. The summed E-state index contributed by atoms with van der Waals surface area (Å²) < 4.78 is 12.0. The predicted molar refractivity (Wildman–Crippen MR) is 85.7 cm³/mol. The molecule has 0 aliphatic rings. The molecule has 0 saturated heterocycles. The highest BCUT2D eigenvalue weighted by molar-refractivity contribution is 14.1. The number of ether oxygens (including phenoxy) is 1. The Kier molecular flexibility index (Phi) is 5.15. The van der Waals surface area contributed by atoms with Crippen molar-refractivity contribution in [1.82, 2.24) is 0 Å². The van der Waals surface area contributed by atoms with E-state index in [-0.39, 0.29) is 12.4 Å². The summed E-state index contributed by atoms with van der Waals surface area (Å²) >= 11 is 3.87. The van der Waals surface area contributed by atoms with Gasteiger partial charge in [-0.3, -0.25) is 4.79 Å². The number of rotatable bonds is 5. The van der Waals surface area contributed by atoms with Crippen LogP contribution in [0.15, 0.2) is 27.5 Å². The molecule has 2 aromatic rings. The summed E-state index contributed by atoms with van der Waals surface area (Å²) in [5, 5.41) is 1.07. The highest BCUT2D eigenvalue weighted by Gasteiger charge is 2.17. The Labute approximate surface area is 130 Å². The van der Waals surface area contributed by atoms with Crippen molar-refractivity contribution < 1.29 is 13.9 Å². The molecule has 0 radical (unpaired) electrons. The summed E-state index contributed by atoms with van der Waals surface area (Å²) in [4.78, 5) is 12.7. The Morgan fingerprint density at radius 2 is 2.26 bits per heavy atom. The number of carbonyl (C=O) groups excluding carboxylic acids is 1. The average Bonchev–Trinajstić information content (AvgIpc) is 2.72. The number of furan rings is 1. The fourth-order valence-electron chi connectivity index (χ4n) is 1.84. The molecule has 0 amide bonds. The fraction of sp³-hybridized carbons (Fsp3) is 0.357. The van der Waals surface area contributed by atoms with Gasteiger partial charge in [0.15, 0.2) is 0 Å². The minimum absolute atomic E-state index is 0.196. The minimum atomic E-state index is -0.231. The molecule has 0 saturated carbocycles. The van der Waals surface area contributed by atoms with Gasteiger partial charge in [0, 0.05) is 8.96 Å². The maximum Gasteiger partial charge on any atom is 0.313 e. The Morgan fingerprint density at radius 1 is 1.47 bits per heavy atom. The highest BCUT2D eigenvalue weighted by Crippen LogP contribution is 2.34. The van der Waals surface area contributed by atoms with E-state index in [1.54, 1.807) is 11.8 Å². The zero-order valence-corrected chi connectivity index (χ0v) is 13.8. The summed E-state index contributed by atoms with van der Waals surface area (Å²) in [6.45, 7) is 2.44. The smallest absolute Gasteiger partial charge is 0.313 e. The van der Waals surface area contributed by atoms with Crippen LogP contribution < -0.4 is 0 Å². The van der Waals surface area contributed by atoms with Crippen molar-refractivity contribution in [1.29, 1.82) is 0 Å². The van der Waals surface area contributed by atoms with E-state index in [1.165, 1.54) is 0 Å². The Morgan fingerprint density at radius 3 is 2.95 bits per heavy atom. The van der Waals surface area contributed by atoms with Crippen LogP contribution in [0.1, 0.15) is 19.1 Å². The van der Waals surface area contributed by atoms with E-state index in [1.807, 2.05) is 25.3 Å². The molecule has 0 unspecified atom stereocenters. The maximum absolute atomic E-state index is 11.7. The summed E-state index contributed by atoms with van der Waals surface area (Å²) in [6.07, 6.45) is 3.02. The summed E-state index contributed by atoms with van der Waals surface area (Å²) in [7, 11) is 0. The van der Waals surface area contributed by atoms with Gasteiger partial charge in [-0.1, -0.05) is 6.92 Å². The average molecular weight is 390 g/mol. The molecule has 0 spiro atoms. The van der Waals surface area contributed by atoms with Gasteiger partial charge in [0.2, 0.25) is 0 Å². The van der Waals surface area contributed by atoms with Gasteiger partial charge in [0.1, 0.15) is 17.8 Å². The number of halogens is 1. The third-order valence-corrected chi connectivity index (χ3v) is 4.18. The van der Waals surface area contributed by atoms with E-state index in [2.05, 4.69) is 28.7 Å². The maximum atomic E-state index is 11.7. The van der Waals surface area contributed by atoms with Crippen molar-refractivity contribution in [3.63, 3.8) is 0 Å². The molecule has 19 heavy (non-hydrogen) atoms. The lowest BCUT2D eigenvalue weighted by molar-refractivity contribution is -0.143. The van der Waals surface area contributed by atoms with Crippen molar-refractivity contribution in [2.45, 2.75) is 24.7 Å². The molecule has 0 atom stereocenters. The van der Waals surface area contributed by atoms with Crippen LogP contribution in [0.4, 0.5) is 0 Å². The monoisotopic (exact) mass is 390 g/mol. The van der Waals surface area contributed by atoms with Crippen LogP contribution in [-0.2, 0) is 16.0 Å². The first-order chi connectivity index (χ1) is 9.15. The second-order valence-corrected chi connectivity index (χ2v) is 6.16. The molecule has 5 heteroatoms. The summed E-state index contributed by atoms with van der Waals surface area (Å²) in [6, 6.07) is 6.01. The van der Waals surface area contributed by atoms with Crippen molar-refractivity contribution in [3.05, 3.63) is 27.5 Å². The van der Waals surface area contributed by atoms with Crippen molar-refractivity contribution in [2.24, 2.45) is 0 Å². The molecular formula is C14H15IO3S. The van der Waals surface area contributed by atoms with Crippen LogP contribution in [-0.4, -0.2) is 18.8 Å². The lowest BCUT2D eigenvalue weighted by Crippen LogP contribution is -2.08. The quantitative estimate of drug-likeness (QED) is 0.435. The van der Waals surface area contributed by atoms with Crippen LogP contribution in [0.5, 0.6) is 0 Å². The number of hydrogen-bond acceptors (Lipinski definition) is 4. The van der Waals surface area contributed by atoms with Gasteiger partial charge in [0.05, 0.1) is 11.5 Å². The first kappa shape index (κ1) is 14.7. The molecule has 0 fully saturated rings. The van der Waals surface area contributed by atoms with E-state index in [4.69, 9.17) is 9.15 Å². The van der Waals surface area contributed by atoms with Crippen molar-refractivity contribution in [2.75, 3.05) is 12.9 Å². The first-order valence-electron chi connectivity index (χ1n) is 6.06. The number of fused-ring (bicyclic) bond motifs is 1. The van der Waals surface area contributed by atoms with E-state index in [9.17, 15) is 4.79 Å². The van der Waals surface area contributed by atoms with Crippen LogP contribution in [0.3, 0.4) is 0 Å². The van der Waals surface area contributed by atoms with E-state index in [0.717, 1.165) is 25.9 Å². The van der Waals surface area contributed by atoms with Gasteiger partial charge in [0.25, 0.3) is 0 Å². The molecule has 0 aliphatic carbocycles. The van der Waals surface area contributed by atoms with Crippen LogP contribution >= 0.6 is 34.4 Å². The molecule has 0 N–H and O–H groups in total. The zero-order chi connectivity index (χ0) is 13.8. The standard InChI is InChI=1S/C14H15IO3S/c1-3-6-17-13(16)8-12-14(19-2)10-7-9(15)4-5-11(10)18-12/h4-5,7H,3,6,8H2,1-2H3. The van der Waals surface area contributed by atoms with Gasteiger partial charge in [-0.2, -0.15) is 0 Å². The zero-order valence-electron chi connectivity index (χ0n) is 10.9. The molecule has 2 rings (SSSR count). The van der Waals surface area contributed by atoms with E-state index < -0.39 is 0 Å². The molecule has 0 bridgehead atoms. The van der Waals surface area contributed by atoms with Crippen LogP contribution in [0.25, 0.3) is 11.0 Å². The predicted octanol–water partition coefficient (Wildman–Crippen LogP) is 4.26. The third-order valence-electron chi connectivity index (χ3n) is 2.65. The lowest BCUT2D eigenvalue weighted by atomic mass is 10.2. The normalized spacial score (nSPS) is 10.9. The molecular weight excluding hydrogens is 375 g/mol. The second kappa shape index (κ2) is 6.65. The van der Waals surface area contributed by atoms with Crippen LogP contribution in [0, 0.1) is 3.57 Å². The fourth-order valence-corrected chi connectivity index (χ4v) is 3.05. The molecule has 1 aromatic carbocycles. The molecule has 1 heterocycles. The van der Waals surface area contributed by atoms with Gasteiger partial charge >= 0.3 is 5.97 Å². The van der Waals surface area contributed by atoms with E-state index in [0.29, 0.717) is 12.4 Å². The van der Waals surface area contributed by atoms with Crippen molar-refractivity contribution in [3.8, 4) is 0 Å². The Balaban J connectivity index is 2.30. The number of carbonyl (C=O) groups is 1. The largest absolute Gasteiger partial charge is 0.465 e.